The first-order valence-corrected chi connectivity index (χ1v) is 6.91. The SMILES string of the molecule is C=C(CC)Nc1ccccc1OCc1cccc(C)c1. The Hall–Kier alpha value is -2.22. The van der Waals surface area contributed by atoms with Gasteiger partial charge in [-0.2, -0.15) is 0 Å². The summed E-state index contributed by atoms with van der Waals surface area (Å²) in [5.41, 5.74) is 4.37. The maximum atomic E-state index is 5.92. The third-order valence-corrected chi connectivity index (χ3v) is 3.10. The molecule has 1 N–H and O–H groups in total. The molecule has 0 bridgehead atoms. The molecule has 0 aliphatic rings. The molecule has 0 fully saturated rings. The van der Waals surface area contributed by atoms with Crippen molar-refractivity contribution in [3.05, 3.63) is 71.9 Å². The van der Waals surface area contributed by atoms with Crippen molar-refractivity contribution in [2.24, 2.45) is 0 Å². The molecule has 0 aromatic heterocycles. The van der Waals surface area contributed by atoms with Crippen molar-refractivity contribution in [2.75, 3.05) is 5.32 Å². The second-order valence-electron chi connectivity index (χ2n) is 4.86. The molecule has 2 aromatic rings. The lowest BCUT2D eigenvalue weighted by Crippen LogP contribution is -2.01. The van der Waals surface area contributed by atoms with Crippen molar-refractivity contribution < 1.29 is 4.74 Å². The first kappa shape index (κ1) is 14.2. The summed E-state index contributed by atoms with van der Waals surface area (Å²) < 4.78 is 5.92. The number of allylic oxidation sites excluding steroid dienone is 1. The number of ether oxygens (including phenoxy) is 1. The summed E-state index contributed by atoms with van der Waals surface area (Å²) in [6, 6.07) is 16.3. The van der Waals surface area contributed by atoms with Gasteiger partial charge in [-0.05, 0) is 31.0 Å². The van der Waals surface area contributed by atoms with Crippen LogP contribution in [0, 0.1) is 6.92 Å². The summed E-state index contributed by atoms with van der Waals surface area (Å²) in [4.78, 5) is 0. The van der Waals surface area contributed by atoms with E-state index >= 15 is 0 Å². The van der Waals surface area contributed by atoms with Crippen LogP contribution in [0.25, 0.3) is 0 Å². The molecule has 2 nitrogen and oxygen atoms in total. The normalized spacial score (nSPS) is 10.1. The lowest BCUT2D eigenvalue weighted by atomic mass is 10.1. The molecule has 0 atom stereocenters. The Balaban J connectivity index is 2.07. The van der Waals surface area contributed by atoms with Gasteiger partial charge in [-0.25, -0.2) is 0 Å². The molecule has 2 heteroatoms. The van der Waals surface area contributed by atoms with Crippen LogP contribution in [-0.2, 0) is 6.61 Å². The molecular formula is C18H21NO. The number of nitrogens with one attached hydrogen (secondary N) is 1. The van der Waals surface area contributed by atoms with Crippen LogP contribution >= 0.6 is 0 Å². The molecule has 0 saturated carbocycles. The molecule has 0 unspecified atom stereocenters. The molecule has 2 rings (SSSR count). The van der Waals surface area contributed by atoms with Crippen LogP contribution in [-0.4, -0.2) is 0 Å². The van der Waals surface area contributed by atoms with E-state index in [0.717, 1.165) is 23.6 Å². The zero-order valence-corrected chi connectivity index (χ0v) is 12.1. The van der Waals surface area contributed by atoms with E-state index in [1.165, 1.54) is 11.1 Å². The van der Waals surface area contributed by atoms with E-state index in [-0.39, 0.29) is 0 Å². The van der Waals surface area contributed by atoms with Crippen molar-refractivity contribution in [1.82, 2.24) is 0 Å². The smallest absolute Gasteiger partial charge is 0.143 e. The molecular weight excluding hydrogens is 246 g/mol. The van der Waals surface area contributed by atoms with Crippen LogP contribution in [0.4, 0.5) is 5.69 Å². The van der Waals surface area contributed by atoms with Crippen molar-refractivity contribution in [1.29, 1.82) is 0 Å². The number of aryl methyl sites for hydroxylation is 1. The van der Waals surface area contributed by atoms with Crippen molar-refractivity contribution in [2.45, 2.75) is 26.9 Å². The highest BCUT2D eigenvalue weighted by atomic mass is 16.5. The molecule has 104 valence electrons. The number of anilines is 1. The molecule has 0 aliphatic heterocycles. The molecule has 20 heavy (non-hydrogen) atoms. The number of hydrogen-bond donors (Lipinski definition) is 1. The predicted molar refractivity (Wildman–Crippen MR) is 85.0 cm³/mol. The maximum Gasteiger partial charge on any atom is 0.143 e. The van der Waals surface area contributed by atoms with Gasteiger partial charge in [0.25, 0.3) is 0 Å². The Morgan fingerprint density at radius 2 is 1.95 bits per heavy atom. The summed E-state index contributed by atoms with van der Waals surface area (Å²) >= 11 is 0. The van der Waals surface area contributed by atoms with Gasteiger partial charge in [-0.15, -0.1) is 0 Å². The fraction of sp³-hybridized carbons (Fsp3) is 0.222. The van der Waals surface area contributed by atoms with E-state index < -0.39 is 0 Å². The lowest BCUT2D eigenvalue weighted by Gasteiger charge is -2.14. The average Bonchev–Trinajstić information content (AvgIpc) is 2.46. The van der Waals surface area contributed by atoms with Gasteiger partial charge in [0.05, 0.1) is 5.69 Å². The Labute approximate surface area is 121 Å². The zero-order chi connectivity index (χ0) is 14.4. The van der Waals surface area contributed by atoms with Gasteiger partial charge in [0.1, 0.15) is 12.4 Å². The van der Waals surface area contributed by atoms with E-state index in [0.29, 0.717) is 6.61 Å². The fourth-order valence-corrected chi connectivity index (χ4v) is 1.94. The van der Waals surface area contributed by atoms with Crippen LogP contribution in [0.1, 0.15) is 24.5 Å². The van der Waals surface area contributed by atoms with Crippen molar-refractivity contribution in [3.63, 3.8) is 0 Å². The minimum atomic E-state index is 0.568. The molecule has 0 spiro atoms. The highest BCUT2D eigenvalue weighted by molar-refractivity contribution is 5.59. The van der Waals surface area contributed by atoms with Crippen LogP contribution < -0.4 is 10.1 Å². The van der Waals surface area contributed by atoms with Crippen LogP contribution in [0.2, 0.25) is 0 Å². The van der Waals surface area contributed by atoms with E-state index in [1.54, 1.807) is 0 Å². The van der Waals surface area contributed by atoms with Crippen LogP contribution in [0.3, 0.4) is 0 Å². The molecule has 0 aliphatic carbocycles. The lowest BCUT2D eigenvalue weighted by molar-refractivity contribution is 0.307. The van der Waals surface area contributed by atoms with Gasteiger partial charge in [0.2, 0.25) is 0 Å². The van der Waals surface area contributed by atoms with Gasteiger partial charge in [-0.3, -0.25) is 0 Å². The summed E-state index contributed by atoms with van der Waals surface area (Å²) in [7, 11) is 0. The van der Waals surface area contributed by atoms with Crippen LogP contribution in [0.5, 0.6) is 5.75 Å². The highest BCUT2D eigenvalue weighted by Gasteiger charge is 2.04. The topological polar surface area (TPSA) is 21.3 Å². The fourth-order valence-electron chi connectivity index (χ4n) is 1.94. The first-order chi connectivity index (χ1) is 9.69. The first-order valence-electron chi connectivity index (χ1n) is 6.91. The average molecular weight is 267 g/mol. The summed E-state index contributed by atoms with van der Waals surface area (Å²) in [6.07, 6.45) is 0.895. The Morgan fingerprint density at radius 1 is 1.15 bits per heavy atom. The van der Waals surface area contributed by atoms with Gasteiger partial charge < -0.3 is 10.1 Å². The Morgan fingerprint density at radius 3 is 2.70 bits per heavy atom. The van der Waals surface area contributed by atoms with E-state index in [9.17, 15) is 0 Å². The maximum absolute atomic E-state index is 5.92. The van der Waals surface area contributed by atoms with E-state index in [1.807, 2.05) is 24.3 Å². The predicted octanol–water partition coefficient (Wildman–Crippen LogP) is 4.91. The second kappa shape index (κ2) is 6.80. The van der Waals surface area contributed by atoms with Gasteiger partial charge >= 0.3 is 0 Å². The molecule has 2 aromatic carbocycles. The highest BCUT2D eigenvalue weighted by Crippen LogP contribution is 2.26. The summed E-state index contributed by atoms with van der Waals surface area (Å²) in [6.45, 7) is 8.70. The summed E-state index contributed by atoms with van der Waals surface area (Å²) in [5, 5.41) is 3.29. The number of hydrogen-bond acceptors (Lipinski definition) is 2. The van der Waals surface area contributed by atoms with E-state index in [4.69, 9.17) is 4.74 Å². The molecule has 0 amide bonds. The third-order valence-electron chi connectivity index (χ3n) is 3.10. The Kier molecular flexibility index (Phi) is 4.83. The monoisotopic (exact) mass is 267 g/mol. The minimum Gasteiger partial charge on any atom is -0.487 e. The number of rotatable bonds is 6. The quantitative estimate of drug-likeness (QED) is 0.803. The van der Waals surface area contributed by atoms with E-state index in [2.05, 4.69) is 50.0 Å². The van der Waals surface area contributed by atoms with Crippen molar-refractivity contribution in [3.8, 4) is 5.75 Å². The third kappa shape index (κ3) is 3.89. The number of benzene rings is 2. The largest absolute Gasteiger partial charge is 0.487 e. The molecule has 0 saturated heterocycles. The van der Waals surface area contributed by atoms with Gasteiger partial charge in [-0.1, -0.05) is 55.5 Å². The zero-order valence-electron chi connectivity index (χ0n) is 12.1. The molecule has 0 heterocycles. The van der Waals surface area contributed by atoms with Gasteiger partial charge in [0, 0.05) is 5.70 Å². The second-order valence-corrected chi connectivity index (χ2v) is 4.86. The van der Waals surface area contributed by atoms with Gasteiger partial charge in [0.15, 0.2) is 0 Å². The minimum absolute atomic E-state index is 0.568. The molecule has 0 radical (unpaired) electrons. The van der Waals surface area contributed by atoms with Crippen LogP contribution in [0.15, 0.2) is 60.8 Å². The standard InChI is InChI=1S/C18H21NO/c1-4-15(3)19-17-10-5-6-11-18(17)20-13-16-9-7-8-14(2)12-16/h5-12,19H,3-4,13H2,1-2H3. The Bertz CT molecular complexity index is 589. The summed E-state index contributed by atoms with van der Waals surface area (Å²) in [5.74, 6) is 0.851. The van der Waals surface area contributed by atoms with Crippen molar-refractivity contribution >= 4 is 5.69 Å². The number of para-hydroxylation sites is 2.